The minimum absolute atomic E-state index is 0.125. The number of amides is 1. The van der Waals surface area contributed by atoms with E-state index in [1.54, 1.807) is 39.2 Å². The largest absolute Gasteiger partial charge is 0.443 e. The van der Waals surface area contributed by atoms with Crippen LogP contribution >= 0.6 is 15.9 Å². The molecular formula is C20H23BrN6O6S. The molecule has 0 bridgehead atoms. The molecule has 1 amide bonds. The van der Waals surface area contributed by atoms with Gasteiger partial charge in [0.25, 0.3) is 5.69 Å². The number of para-hydroxylation sites is 1. The van der Waals surface area contributed by atoms with Crippen LogP contribution in [0.1, 0.15) is 20.8 Å². The first kappa shape index (κ1) is 25.5. The molecule has 0 aliphatic heterocycles. The summed E-state index contributed by atoms with van der Waals surface area (Å²) in [6, 6.07) is 6.63. The normalized spacial score (nSPS) is 12.2. The Labute approximate surface area is 204 Å². The monoisotopic (exact) mass is 554 g/mol. The molecule has 0 aliphatic rings. The fraction of sp³-hybridized carbons (Fsp3) is 0.350. The standard InChI is InChI=1S/C20H23BrN6O6S/c1-20(2,3)33-19(28)25(17-9-10-26-18(23-17)14(21)13-22-26)12-11-24(4)34(31,32)16-8-6-5-7-15(16)27(29)30/h5-10,13H,11-12H2,1-4H3. The highest BCUT2D eigenvalue weighted by Crippen LogP contribution is 2.26. The second-order valence-electron chi connectivity index (χ2n) is 8.23. The summed E-state index contributed by atoms with van der Waals surface area (Å²) >= 11 is 3.35. The van der Waals surface area contributed by atoms with Crippen molar-refractivity contribution >= 4 is 49.2 Å². The number of nitrogens with zero attached hydrogens (tertiary/aromatic N) is 6. The Bertz CT molecular complexity index is 1340. The van der Waals surface area contributed by atoms with Gasteiger partial charge < -0.3 is 4.74 Å². The van der Waals surface area contributed by atoms with E-state index >= 15 is 0 Å². The maximum Gasteiger partial charge on any atom is 0.416 e. The van der Waals surface area contributed by atoms with Gasteiger partial charge in [-0.05, 0) is 48.8 Å². The average Bonchev–Trinajstić information content (AvgIpc) is 3.12. The molecule has 1 aromatic carbocycles. The van der Waals surface area contributed by atoms with Crippen LogP contribution in [0.15, 0.2) is 52.1 Å². The number of carbonyl (C=O) groups excluding carboxylic acids is 1. The van der Waals surface area contributed by atoms with Gasteiger partial charge in [0.2, 0.25) is 10.0 Å². The lowest BCUT2D eigenvalue weighted by Gasteiger charge is -2.28. The van der Waals surface area contributed by atoms with E-state index in [1.807, 2.05) is 0 Å². The zero-order valence-electron chi connectivity index (χ0n) is 18.9. The first-order chi connectivity index (χ1) is 15.8. The first-order valence-electron chi connectivity index (χ1n) is 10.0. The minimum atomic E-state index is -4.21. The van der Waals surface area contributed by atoms with Gasteiger partial charge in [0.1, 0.15) is 11.4 Å². The summed E-state index contributed by atoms with van der Waals surface area (Å²) in [6.07, 6.45) is 2.43. The molecule has 0 N–H and O–H groups in total. The maximum atomic E-state index is 13.0. The summed E-state index contributed by atoms with van der Waals surface area (Å²) in [5, 5.41) is 15.4. The van der Waals surface area contributed by atoms with E-state index < -0.39 is 37.2 Å². The maximum absolute atomic E-state index is 13.0. The molecule has 0 saturated carbocycles. The van der Waals surface area contributed by atoms with Gasteiger partial charge in [-0.1, -0.05) is 12.1 Å². The molecule has 2 heterocycles. The molecule has 0 atom stereocenters. The fourth-order valence-electron chi connectivity index (χ4n) is 2.95. The van der Waals surface area contributed by atoms with Gasteiger partial charge >= 0.3 is 6.09 Å². The van der Waals surface area contributed by atoms with Crippen LogP contribution in [-0.2, 0) is 14.8 Å². The number of halogens is 1. The van der Waals surface area contributed by atoms with Crippen molar-refractivity contribution < 1.29 is 22.9 Å². The number of benzene rings is 1. The Morgan fingerprint density at radius 1 is 1.24 bits per heavy atom. The van der Waals surface area contributed by atoms with Gasteiger partial charge in [-0.25, -0.2) is 22.7 Å². The van der Waals surface area contributed by atoms with E-state index in [-0.39, 0.29) is 18.9 Å². The molecule has 12 nitrogen and oxygen atoms in total. The average molecular weight is 555 g/mol. The van der Waals surface area contributed by atoms with Crippen molar-refractivity contribution in [3.8, 4) is 0 Å². The van der Waals surface area contributed by atoms with Crippen molar-refractivity contribution in [2.45, 2.75) is 31.3 Å². The highest BCUT2D eigenvalue weighted by atomic mass is 79.9. The van der Waals surface area contributed by atoms with Crippen LogP contribution in [0.4, 0.5) is 16.3 Å². The van der Waals surface area contributed by atoms with Gasteiger partial charge in [0, 0.05) is 32.4 Å². The highest BCUT2D eigenvalue weighted by Gasteiger charge is 2.31. The molecule has 34 heavy (non-hydrogen) atoms. The zero-order valence-corrected chi connectivity index (χ0v) is 21.3. The lowest BCUT2D eigenvalue weighted by atomic mass is 10.2. The molecule has 0 radical (unpaired) electrons. The smallest absolute Gasteiger partial charge is 0.416 e. The number of rotatable bonds is 7. The van der Waals surface area contributed by atoms with E-state index in [0.29, 0.717) is 10.1 Å². The van der Waals surface area contributed by atoms with E-state index in [4.69, 9.17) is 4.74 Å². The number of anilines is 1. The summed E-state index contributed by atoms with van der Waals surface area (Å²) in [7, 11) is -2.93. The van der Waals surface area contributed by atoms with Crippen molar-refractivity contribution in [3.63, 3.8) is 0 Å². The third-order valence-corrected chi connectivity index (χ3v) is 7.05. The molecule has 0 aliphatic carbocycles. The number of nitro groups is 1. The second-order valence-corrected chi connectivity index (χ2v) is 11.1. The lowest BCUT2D eigenvalue weighted by molar-refractivity contribution is -0.387. The fourth-order valence-corrected chi connectivity index (χ4v) is 4.63. The molecule has 3 rings (SSSR count). The van der Waals surface area contributed by atoms with E-state index in [2.05, 4.69) is 26.0 Å². The quantitative estimate of drug-likeness (QED) is 0.319. The van der Waals surface area contributed by atoms with Crippen LogP contribution in [0.25, 0.3) is 5.65 Å². The molecule has 0 fully saturated rings. The predicted molar refractivity (Wildman–Crippen MR) is 127 cm³/mol. The van der Waals surface area contributed by atoms with Crippen LogP contribution in [0.2, 0.25) is 0 Å². The van der Waals surface area contributed by atoms with Gasteiger partial charge in [-0.15, -0.1) is 0 Å². The lowest BCUT2D eigenvalue weighted by Crippen LogP contribution is -2.42. The topological polar surface area (TPSA) is 140 Å². The number of fused-ring (bicyclic) bond motifs is 1. The zero-order chi connectivity index (χ0) is 25.3. The van der Waals surface area contributed by atoms with Crippen molar-refractivity contribution in [3.05, 3.63) is 57.3 Å². The van der Waals surface area contributed by atoms with Crippen molar-refractivity contribution in [1.82, 2.24) is 18.9 Å². The van der Waals surface area contributed by atoms with Crippen LogP contribution in [0.3, 0.4) is 0 Å². The van der Waals surface area contributed by atoms with E-state index in [9.17, 15) is 23.3 Å². The Kier molecular flexibility index (Phi) is 7.24. The number of aromatic nitrogens is 3. The van der Waals surface area contributed by atoms with Gasteiger partial charge in [-0.2, -0.15) is 9.40 Å². The molecule has 0 saturated heterocycles. The Morgan fingerprint density at radius 2 is 1.91 bits per heavy atom. The van der Waals surface area contributed by atoms with Gasteiger partial charge in [-0.3, -0.25) is 15.0 Å². The number of carbonyl (C=O) groups is 1. The summed E-state index contributed by atoms with van der Waals surface area (Å²) < 4.78 is 34.6. The van der Waals surface area contributed by atoms with Gasteiger partial charge in [0.15, 0.2) is 10.5 Å². The van der Waals surface area contributed by atoms with Crippen LogP contribution in [0.5, 0.6) is 0 Å². The van der Waals surface area contributed by atoms with Crippen LogP contribution in [-0.4, -0.2) is 64.1 Å². The Balaban J connectivity index is 1.91. The second kappa shape index (κ2) is 9.64. The summed E-state index contributed by atoms with van der Waals surface area (Å²) in [5.74, 6) is 0.222. The van der Waals surface area contributed by atoms with Crippen LogP contribution < -0.4 is 4.90 Å². The number of nitro benzene ring substituents is 1. The number of likely N-dealkylation sites (N-methyl/N-ethyl adjacent to an activating group) is 1. The minimum Gasteiger partial charge on any atom is -0.443 e. The third-order valence-electron chi connectivity index (χ3n) is 4.59. The molecule has 2 aromatic heterocycles. The molecule has 14 heteroatoms. The van der Waals surface area contributed by atoms with Crippen molar-refractivity contribution in [1.29, 1.82) is 0 Å². The Morgan fingerprint density at radius 3 is 2.56 bits per heavy atom. The van der Waals surface area contributed by atoms with Crippen LogP contribution in [0, 0.1) is 10.1 Å². The third kappa shape index (κ3) is 5.51. The van der Waals surface area contributed by atoms with Crippen molar-refractivity contribution in [2.24, 2.45) is 0 Å². The summed E-state index contributed by atoms with van der Waals surface area (Å²) in [5.41, 5.74) is -0.887. The molecule has 0 unspecified atom stereocenters. The molecule has 182 valence electrons. The van der Waals surface area contributed by atoms with Gasteiger partial charge in [0.05, 0.1) is 15.6 Å². The Hall–Kier alpha value is -3.10. The molecule has 3 aromatic rings. The number of ether oxygens (including phenoxy) is 1. The summed E-state index contributed by atoms with van der Waals surface area (Å²) in [4.78, 5) is 28.7. The molecular weight excluding hydrogens is 532 g/mol. The SMILES string of the molecule is CN(CCN(C(=O)OC(C)(C)C)c1ccn2ncc(Br)c2n1)S(=O)(=O)c1ccccc1[N+](=O)[O-]. The van der Waals surface area contributed by atoms with Crippen molar-refractivity contribution in [2.75, 3.05) is 25.0 Å². The predicted octanol–water partition coefficient (Wildman–Crippen LogP) is 3.46. The summed E-state index contributed by atoms with van der Waals surface area (Å²) in [6.45, 7) is 4.82. The van der Waals surface area contributed by atoms with E-state index in [1.165, 1.54) is 34.7 Å². The highest BCUT2D eigenvalue weighted by molar-refractivity contribution is 9.10. The number of hydrogen-bond acceptors (Lipinski definition) is 8. The number of hydrogen-bond donors (Lipinski definition) is 0. The first-order valence-corrected chi connectivity index (χ1v) is 12.2. The molecule has 0 spiro atoms. The van der Waals surface area contributed by atoms with E-state index in [0.717, 1.165) is 10.4 Å². The number of sulfonamides is 1.